The van der Waals surface area contributed by atoms with Crippen molar-refractivity contribution in [3.05, 3.63) is 64.7 Å². The highest BCUT2D eigenvalue weighted by atomic mass is 32.2. The van der Waals surface area contributed by atoms with E-state index in [4.69, 9.17) is 9.98 Å². The van der Waals surface area contributed by atoms with Gasteiger partial charge in [0.2, 0.25) is 10.0 Å². The highest BCUT2D eigenvalue weighted by Gasteiger charge is 2.39. The van der Waals surface area contributed by atoms with E-state index in [0.717, 1.165) is 0 Å². The average molecular weight is 360 g/mol. The van der Waals surface area contributed by atoms with Crippen LogP contribution in [-0.2, 0) is 14.9 Å². The summed E-state index contributed by atoms with van der Waals surface area (Å²) >= 11 is 0. The van der Waals surface area contributed by atoms with E-state index in [1.807, 2.05) is 0 Å². The molecule has 0 saturated carbocycles. The molecule has 0 unspecified atom stereocenters. The first kappa shape index (κ1) is 16.8. The van der Waals surface area contributed by atoms with Crippen LogP contribution in [-0.4, -0.2) is 31.3 Å². The summed E-state index contributed by atoms with van der Waals surface area (Å²) in [6.45, 7) is 1.37. The van der Waals surface area contributed by atoms with Crippen LogP contribution in [0.25, 0.3) is 0 Å². The summed E-state index contributed by atoms with van der Waals surface area (Å²) < 4.78 is 23.1. The number of nitrogens with zero attached hydrogens (tertiary/aromatic N) is 1. The van der Waals surface area contributed by atoms with Crippen LogP contribution in [0.5, 0.6) is 0 Å². The van der Waals surface area contributed by atoms with Gasteiger partial charge in [-0.25, -0.2) is 18.4 Å². The Labute approximate surface area is 142 Å². The summed E-state index contributed by atoms with van der Waals surface area (Å²) in [5, 5.41) is 5.45. The molecule has 9 heteroatoms. The molecule has 0 radical (unpaired) electrons. The fraction of sp³-hybridized carbons (Fsp3) is 0.0625. The molecule has 0 saturated heterocycles. The lowest BCUT2D eigenvalue weighted by atomic mass is 10.1. The van der Waals surface area contributed by atoms with E-state index in [1.165, 1.54) is 37.3 Å². The van der Waals surface area contributed by atoms with Gasteiger partial charge in [0.15, 0.2) is 0 Å². The van der Waals surface area contributed by atoms with E-state index >= 15 is 0 Å². The van der Waals surface area contributed by atoms with E-state index in [9.17, 15) is 22.8 Å². The van der Waals surface area contributed by atoms with Gasteiger partial charge in [-0.1, -0.05) is 23.3 Å². The zero-order valence-electron chi connectivity index (χ0n) is 12.9. The lowest BCUT2D eigenvalue weighted by Gasteiger charge is -2.14. The topological polar surface area (TPSA) is 124 Å². The number of carbonyl (C=O) groups is 3. The largest absolute Gasteiger partial charge is 0.364 e. The molecule has 0 fully saturated rings. The zero-order chi connectivity index (χ0) is 18.4. The third-order valence-electron chi connectivity index (χ3n) is 3.74. The molecule has 1 aliphatic heterocycles. The predicted octanol–water partition coefficient (Wildman–Crippen LogP) is 1.01. The van der Waals surface area contributed by atoms with Crippen molar-refractivity contribution in [2.75, 3.05) is 0 Å². The highest BCUT2D eigenvalue weighted by molar-refractivity contribution is 7.89. The van der Waals surface area contributed by atoms with E-state index < -0.39 is 27.8 Å². The van der Waals surface area contributed by atoms with E-state index in [-0.39, 0.29) is 27.1 Å². The lowest BCUT2D eigenvalue weighted by Crippen LogP contribution is -2.33. The number of hydrogen-bond acceptors (Lipinski definition) is 6. The number of imide groups is 1. The molecule has 8 nitrogen and oxygen atoms in total. The monoisotopic (exact) mass is 360 g/mol. The maximum absolute atomic E-state index is 12.3. The smallest absolute Gasteiger partial charge is 0.324 e. The van der Waals surface area contributed by atoms with E-state index in [0.29, 0.717) is 5.06 Å². The van der Waals surface area contributed by atoms with Crippen molar-refractivity contribution in [3.63, 3.8) is 0 Å². The quantitative estimate of drug-likeness (QED) is 0.815. The van der Waals surface area contributed by atoms with Crippen LogP contribution in [0, 0.1) is 6.92 Å². The van der Waals surface area contributed by atoms with Gasteiger partial charge in [0.25, 0.3) is 11.8 Å². The molecular weight excluding hydrogens is 348 g/mol. The fourth-order valence-electron chi connectivity index (χ4n) is 2.53. The van der Waals surface area contributed by atoms with Crippen molar-refractivity contribution in [3.8, 4) is 0 Å². The maximum atomic E-state index is 12.3. The molecule has 0 spiro atoms. The molecule has 0 aliphatic carbocycles. The van der Waals surface area contributed by atoms with Crippen LogP contribution in [0.15, 0.2) is 47.4 Å². The Morgan fingerprint density at radius 1 is 1.00 bits per heavy atom. The molecule has 0 atom stereocenters. The Balaban J connectivity index is 1.93. The predicted molar refractivity (Wildman–Crippen MR) is 84.9 cm³/mol. The normalized spacial score (nSPS) is 13.8. The molecule has 1 heterocycles. The molecule has 2 aromatic carbocycles. The van der Waals surface area contributed by atoms with Gasteiger partial charge in [-0.3, -0.25) is 9.59 Å². The van der Waals surface area contributed by atoms with Crippen LogP contribution in [0.3, 0.4) is 0 Å². The first-order valence-corrected chi connectivity index (χ1v) is 8.59. The molecular formula is C16H12N2O6S. The van der Waals surface area contributed by atoms with Crippen molar-refractivity contribution in [2.24, 2.45) is 5.14 Å². The minimum absolute atomic E-state index is 0.0617. The number of carbonyl (C=O) groups excluding carboxylic acids is 3. The van der Waals surface area contributed by atoms with Crippen LogP contribution in [0.4, 0.5) is 0 Å². The molecule has 2 amide bonds. The van der Waals surface area contributed by atoms with Crippen LogP contribution >= 0.6 is 0 Å². The fourth-order valence-corrected chi connectivity index (χ4v) is 3.33. The average Bonchev–Trinajstić information content (AvgIpc) is 2.79. The SMILES string of the molecule is Cc1c(C(=O)ON2C(=O)c3ccccc3C2=O)cccc1S(N)(=O)=O. The second-order valence-corrected chi connectivity index (χ2v) is 6.83. The minimum Gasteiger partial charge on any atom is -0.324 e. The zero-order valence-corrected chi connectivity index (χ0v) is 13.7. The number of amides is 2. The number of sulfonamides is 1. The molecule has 0 bridgehead atoms. The van der Waals surface area contributed by atoms with E-state index in [1.54, 1.807) is 12.1 Å². The number of nitrogens with two attached hydrogens (primary N) is 1. The third kappa shape index (κ3) is 2.79. The van der Waals surface area contributed by atoms with Crippen molar-refractivity contribution >= 4 is 27.8 Å². The summed E-state index contributed by atoms with van der Waals surface area (Å²) in [6, 6.07) is 9.90. The van der Waals surface area contributed by atoms with Gasteiger partial charge in [-0.2, -0.15) is 0 Å². The summed E-state index contributed by atoms with van der Waals surface area (Å²) in [5.74, 6) is -2.58. The van der Waals surface area contributed by atoms with Gasteiger partial charge in [-0.05, 0) is 36.8 Å². The number of hydroxylamine groups is 2. The van der Waals surface area contributed by atoms with Gasteiger partial charge in [0.1, 0.15) is 0 Å². The Morgan fingerprint density at radius 2 is 1.56 bits per heavy atom. The summed E-state index contributed by atoms with van der Waals surface area (Å²) in [4.78, 5) is 41.4. The number of rotatable bonds is 3. The van der Waals surface area contributed by atoms with Crippen molar-refractivity contribution in [2.45, 2.75) is 11.8 Å². The molecule has 25 heavy (non-hydrogen) atoms. The van der Waals surface area contributed by atoms with Gasteiger partial charge in [0, 0.05) is 0 Å². The van der Waals surface area contributed by atoms with Crippen molar-refractivity contribution in [1.29, 1.82) is 0 Å². The molecule has 128 valence electrons. The number of benzene rings is 2. The molecule has 0 aromatic heterocycles. The lowest BCUT2D eigenvalue weighted by molar-refractivity contribution is -0.0585. The minimum atomic E-state index is -4.04. The van der Waals surface area contributed by atoms with Crippen LogP contribution in [0.1, 0.15) is 36.6 Å². The van der Waals surface area contributed by atoms with E-state index in [2.05, 4.69) is 0 Å². The number of hydrogen-bond donors (Lipinski definition) is 1. The van der Waals surface area contributed by atoms with Gasteiger partial charge < -0.3 is 4.84 Å². The molecule has 2 N–H and O–H groups in total. The third-order valence-corrected chi connectivity index (χ3v) is 4.80. The Kier molecular flexibility index (Phi) is 3.90. The summed E-state index contributed by atoms with van der Waals surface area (Å²) in [6.07, 6.45) is 0. The van der Waals surface area contributed by atoms with Crippen LogP contribution < -0.4 is 5.14 Å². The maximum Gasteiger partial charge on any atom is 0.364 e. The molecule has 1 aliphatic rings. The Hall–Kier alpha value is -3.04. The summed E-state index contributed by atoms with van der Waals surface area (Å²) in [7, 11) is -4.04. The van der Waals surface area contributed by atoms with Crippen LogP contribution in [0.2, 0.25) is 0 Å². The number of primary sulfonamides is 1. The highest BCUT2D eigenvalue weighted by Crippen LogP contribution is 2.24. The standard InChI is InChI=1S/C16H12N2O6S/c1-9-10(7-4-8-13(9)25(17,22)23)16(21)24-18-14(19)11-5-2-3-6-12(11)15(18)20/h2-8H,1H3,(H2,17,22,23). The van der Waals surface area contributed by atoms with Crippen molar-refractivity contribution < 1.29 is 27.6 Å². The Bertz CT molecular complexity index is 994. The van der Waals surface area contributed by atoms with Crippen molar-refractivity contribution in [1.82, 2.24) is 5.06 Å². The van der Waals surface area contributed by atoms with Gasteiger partial charge >= 0.3 is 5.97 Å². The van der Waals surface area contributed by atoms with Gasteiger partial charge in [0.05, 0.1) is 21.6 Å². The Morgan fingerprint density at radius 3 is 2.08 bits per heavy atom. The van der Waals surface area contributed by atoms with Gasteiger partial charge in [-0.15, -0.1) is 0 Å². The molecule has 3 rings (SSSR count). The second-order valence-electron chi connectivity index (χ2n) is 5.30. The first-order chi connectivity index (χ1) is 11.7. The summed E-state index contributed by atoms with van der Waals surface area (Å²) in [5.41, 5.74) is 0.181. The second kappa shape index (κ2) is 5.80. The first-order valence-electron chi connectivity index (χ1n) is 7.04. The molecule has 2 aromatic rings. The number of fused-ring (bicyclic) bond motifs is 1.